The van der Waals surface area contributed by atoms with Gasteiger partial charge in [0.05, 0.1) is 13.0 Å². The Morgan fingerprint density at radius 3 is 1.61 bits per heavy atom. The highest BCUT2D eigenvalue weighted by Gasteiger charge is 2.86. The van der Waals surface area contributed by atoms with E-state index in [0.717, 1.165) is 0 Å². The SMILES string of the molecule is C=CC(=O)OCCC(F)(F)C(F)(F)C(F)(F)C(F)(F)C(F)(F)F. The third-order valence-corrected chi connectivity index (χ3v) is 2.43. The molecule has 0 amide bonds. The fraction of sp³-hybridized carbons (Fsp3) is 0.700. The highest BCUT2D eigenvalue weighted by atomic mass is 19.4. The lowest BCUT2D eigenvalue weighted by molar-refractivity contribution is -0.422. The van der Waals surface area contributed by atoms with E-state index in [4.69, 9.17) is 0 Å². The maximum atomic E-state index is 13.0. The van der Waals surface area contributed by atoms with Crippen LogP contribution in [-0.4, -0.2) is 42.4 Å². The second-order valence-corrected chi connectivity index (χ2v) is 4.05. The van der Waals surface area contributed by atoms with Gasteiger partial charge in [-0.05, 0) is 0 Å². The monoisotopic (exact) mass is 368 g/mol. The first kappa shape index (κ1) is 21.4. The third-order valence-electron chi connectivity index (χ3n) is 2.43. The fourth-order valence-corrected chi connectivity index (χ4v) is 1.10. The van der Waals surface area contributed by atoms with E-state index in [0.29, 0.717) is 6.08 Å². The Morgan fingerprint density at radius 2 is 1.26 bits per heavy atom. The zero-order valence-corrected chi connectivity index (χ0v) is 10.7. The van der Waals surface area contributed by atoms with Crippen LogP contribution >= 0.6 is 0 Å². The summed E-state index contributed by atoms with van der Waals surface area (Å²) in [5.74, 6) is -29.4. The molecule has 0 atom stereocenters. The molecule has 136 valence electrons. The van der Waals surface area contributed by atoms with Crippen molar-refractivity contribution in [2.75, 3.05) is 6.61 Å². The largest absolute Gasteiger partial charge is 0.462 e. The van der Waals surface area contributed by atoms with E-state index in [1.165, 1.54) is 0 Å². The van der Waals surface area contributed by atoms with Gasteiger partial charge in [-0.1, -0.05) is 6.58 Å². The summed E-state index contributed by atoms with van der Waals surface area (Å²) >= 11 is 0. The summed E-state index contributed by atoms with van der Waals surface area (Å²) in [5.41, 5.74) is 0. The molecule has 2 nitrogen and oxygen atoms in total. The summed E-state index contributed by atoms with van der Waals surface area (Å²) in [4.78, 5) is 10.4. The Labute approximate surface area is 120 Å². The summed E-state index contributed by atoms with van der Waals surface area (Å²) in [6, 6.07) is 0. The minimum absolute atomic E-state index is 0.378. The van der Waals surface area contributed by atoms with Gasteiger partial charge in [0, 0.05) is 6.08 Å². The lowest BCUT2D eigenvalue weighted by atomic mass is 9.96. The summed E-state index contributed by atoms with van der Waals surface area (Å²) in [6.07, 6.45) is -9.25. The van der Waals surface area contributed by atoms with Gasteiger partial charge in [-0.2, -0.15) is 48.3 Å². The smallest absolute Gasteiger partial charge is 0.460 e. The zero-order chi connectivity index (χ0) is 18.9. The van der Waals surface area contributed by atoms with Gasteiger partial charge in [-0.3, -0.25) is 0 Å². The first-order chi connectivity index (χ1) is 9.95. The first-order valence-corrected chi connectivity index (χ1v) is 5.33. The number of alkyl halides is 11. The van der Waals surface area contributed by atoms with Gasteiger partial charge in [0.25, 0.3) is 0 Å². The van der Waals surface area contributed by atoms with E-state index >= 15 is 0 Å². The predicted octanol–water partition coefficient (Wildman–Crippen LogP) is 4.21. The molecule has 0 saturated carbocycles. The summed E-state index contributed by atoms with van der Waals surface area (Å²) in [6.45, 7) is 1.12. The topological polar surface area (TPSA) is 26.3 Å². The predicted molar refractivity (Wildman–Crippen MR) is 51.6 cm³/mol. The number of rotatable bonds is 7. The molecule has 0 aliphatic carbocycles. The molecule has 0 saturated heterocycles. The van der Waals surface area contributed by atoms with Crippen LogP contribution < -0.4 is 0 Å². The van der Waals surface area contributed by atoms with Crippen LogP contribution in [0, 0.1) is 0 Å². The average molecular weight is 368 g/mol. The van der Waals surface area contributed by atoms with Gasteiger partial charge in [0.15, 0.2) is 0 Å². The second-order valence-electron chi connectivity index (χ2n) is 4.05. The number of hydrogen-bond donors (Lipinski definition) is 0. The van der Waals surface area contributed by atoms with Crippen molar-refractivity contribution < 1.29 is 57.8 Å². The van der Waals surface area contributed by atoms with Crippen LogP contribution in [0.15, 0.2) is 12.7 Å². The van der Waals surface area contributed by atoms with Gasteiger partial charge in [0.2, 0.25) is 0 Å². The van der Waals surface area contributed by atoms with E-state index in [1.807, 2.05) is 0 Å². The molecule has 23 heavy (non-hydrogen) atoms. The molecule has 0 aromatic carbocycles. The van der Waals surface area contributed by atoms with E-state index in [-0.39, 0.29) is 0 Å². The number of carbonyl (C=O) groups excluding carboxylic acids is 1. The molecule has 0 radical (unpaired) electrons. The molecular formula is C10H7F11O2. The quantitative estimate of drug-likeness (QED) is 0.382. The second kappa shape index (κ2) is 6.15. The van der Waals surface area contributed by atoms with E-state index in [1.54, 1.807) is 0 Å². The number of hydrogen-bond acceptors (Lipinski definition) is 2. The standard InChI is InChI=1S/C10H7F11O2/c1-2-5(22)23-4-3-6(11,12)7(13,14)8(15,16)9(17,18)10(19,20)21/h2H,1,3-4H2. The van der Waals surface area contributed by atoms with Crippen LogP contribution in [0.2, 0.25) is 0 Å². The highest BCUT2D eigenvalue weighted by Crippen LogP contribution is 2.57. The number of carbonyl (C=O) groups is 1. The van der Waals surface area contributed by atoms with Gasteiger partial charge in [0.1, 0.15) is 0 Å². The summed E-state index contributed by atoms with van der Waals surface area (Å²) in [7, 11) is 0. The van der Waals surface area contributed by atoms with Crippen molar-refractivity contribution in [3.8, 4) is 0 Å². The molecule has 0 aromatic rings. The molecule has 0 aliphatic rings. The van der Waals surface area contributed by atoms with Crippen molar-refractivity contribution in [3.63, 3.8) is 0 Å². The molecule has 0 aromatic heterocycles. The Morgan fingerprint density at radius 1 is 0.826 bits per heavy atom. The van der Waals surface area contributed by atoms with Gasteiger partial charge >= 0.3 is 35.8 Å². The number of halogens is 11. The third kappa shape index (κ3) is 3.68. The Balaban J connectivity index is 5.49. The normalized spacial score (nSPS) is 14.6. The zero-order valence-electron chi connectivity index (χ0n) is 10.7. The van der Waals surface area contributed by atoms with Gasteiger partial charge < -0.3 is 4.74 Å². The van der Waals surface area contributed by atoms with Crippen LogP contribution in [0.25, 0.3) is 0 Å². The van der Waals surface area contributed by atoms with Crippen LogP contribution in [0.3, 0.4) is 0 Å². The maximum Gasteiger partial charge on any atom is 0.460 e. The van der Waals surface area contributed by atoms with Crippen molar-refractivity contribution in [3.05, 3.63) is 12.7 Å². The summed E-state index contributed by atoms with van der Waals surface area (Å²) < 4.78 is 142. The van der Waals surface area contributed by atoms with Crippen LogP contribution in [0.5, 0.6) is 0 Å². The van der Waals surface area contributed by atoms with E-state index in [9.17, 15) is 53.1 Å². The molecule has 0 unspecified atom stereocenters. The average Bonchev–Trinajstić information content (AvgIpc) is 2.36. The van der Waals surface area contributed by atoms with E-state index in [2.05, 4.69) is 11.3 Å². The summed E-state index contributed by atoms with van der Waals surface area (Å²) in [5, 5.41) is 0. The molecule has 0 aliphatic heterocycles. The highest BCUT2D eigenvalue weighted by molar-refractivity contribution is 5.81. The minimum atomic E-state index is -7.45. The minimum Gasteiger partial charge on any atom is -0.462 e. The molecule has 0 fully saturated rings. The van der Waals surface area contributed by atoms with Gasteiger partial charge in [-0.15, -0.1) is 0 Å². The van der Waals surface area contributed by atoms with Crippen molar-refractivity contribution >= 4 is 5.97 Å². The van der Waals surface area contributed by atoms with Crippen LogP contribution in [0.4, 0.5) is 48.3 Å². The molecule has 0 rings (SSSR count). The van der Waals surface area contributed by atoms with Crippen LogP contribution in [0.1, 0.15) is 6.42 Å². The lowest BCUT2D eigenvalue weighted by Gasteiger charge is -2.37. The van der Waals surface area contributed by atoms with Crippen molar-refractivity contribution in [1.29, 1.82) is 0 Å². The maximum absolute atomic E-state index is 13.0. The fourth-order valence-electron chi connectivity index (χ4n) is 1.10. The van der Waals surface area contributed by atoms with Crippen LogP contribution in [-0.2, 0) is 9.53 Å². The Kier molecular flexibility index (Phi) is 5.73. The van der Waals surface area contributed by atoms with Crippen molar-refractivity contribution in [1.82, 2.24) is 0 Å². The molecule has 0 spiro atoms. The molecule has 0 N–H and O–H groups in total. The number of esters is 1. The van der Waals surface area contributed by atoms with Crippen molar-refractivity contribution in [2.24, 2.45) is 0 Å². The molecular weight excluding hydrogens is 361 g/mol. The molecule has 13 heteroatoms. The van der Waals surface area contributed by atoms with E-state index < -0.39 is 48.9 Å². The molecule has 0 heterocycles. The Bertz CT molecular complexity index is 452. The lowest BCUT2D eigenvalue weighted by Crippen LogP contribution is -2.66. The first-order valence-electron chi connectivity index (χ1n) is 5.33. The number of ether oxygens (including phenoxy) is 1. The molecule has 0 bridgehead atoms. The van der Waals surface area contributed by atoms with Gasteiger partial charge in [-0.25, -0.2) is 4.79 Å². The van der Waals surface area contributed by atoms with Crippen molar-refractivity contribution in [2.45, 2.75) is 36.3 Å². The Hall–Kier alpha value is -1.56.